The molecule has 1 N–H and O–H groups in total. The summed E-state index contributed by atoms with van der Waals surface area (Å²) in [7, 11) is 1.86. The van der Waals surface area contributed by atoms with Gasteiger partial charge < -0.3 is 5.32 Å². The predicted molar refractivity (Wildman–Crippen MR) is 97.1 cm³/mol. The highest BCUT2D eigenvalue weighted by molar-refractivity contribution is 5.93. The SMILES string of the molecule is Cn1cc(-c2ccc(CNC(=O)c3cnc4ccccc4n3)cn2)cn1. The number of para-hydroxylation sites is 2. The van der Waals surface area contributed by atoms with Crippen LogP contribution in [-0.4, -0.2) is 30.6 Å². The van der Waals surface area contributed by atoms with Gasteiger partial charge in [0.1, 0.15) is 5.69 Å². The van der Waals surface area contributed by atoms with E-state index in [1.54, 1.807) is 17.1 Å². The second-order valence-electron chi connectivity index (χ2n) is 5.88. The molecule has 26 heavy (non-hydrogen) atoms. The van der Waals surface area contributed by atoms with Gasteiger partial charge in [0.2, 0.25) is 0 Å². The van der Waals surface area contributed by atoms with Gasteiger partial charge in [-0.1, -0.05) is 18.2 Å². The fourth-order valence-corrected chi connectivity index (χ4v) is 2.59. The van der Waals surface area contributed by atoms with E-state index >= 15 is 0 Å². The van der Waals surface area contributed by atoms with Crippen LogP contribution in [0.4, 0.5) is 0 Å². The molecule has 4 aromatic rings. The Morgan fingerprint density at radius 2 is 1.88 bits per heavy atom. The molecule has 0 atom stereocenters. The van der Waals surface area contributed by atoms with Crippen molar-refractivity contribution in [3.63, 3.8) is 0 Å². The number of benzene rings is 1. The highest BCUT2D eigenvalue weighted by Gasteiger charge is 2.09. The molecule has 3 aromatic heterocycles. The normalized spacial score (nSPS) is 10.8. The summed E-state index contributed by atoms with van der Waals surface area (Å²) >= 11 is 0. The van der Waals surface area contributed by atoms with E-state index < -0.39 is 0 Å². The van der Waals surface area contributed by atoms with E-state index in [-0.39, 0.29) is 5.91 Å². The lowest BCUT2D eigenvalue weighted by molar-refractivity contribution is 0.0946. The standard InChI is InChI=1S/C19H16N6O/c1-25-12-14(10-23-25)15-7-6-13(8-20-15)9-22-19(26)18-11-21-16-4-2-3-5-17(16)24-18/h2-8,10-12H,9H2,1H3,(H,22,26). The summed E-state index contributed by atoms with van der Waals surface area (Å²) in [6.45, 7) is 0.369. The van der Waals surface area contributed by atoms with Crippen molar-refractivity contribution < 1.29 is 4.79 Å². The van der Waals surface area contributed by atoms with Crippen molar-refractivity contribution in [3.05, 3.63) is 72.4 Å². The summed E-state index contributed by atoms with van der Waals surface area (Å²) in [5.41, 5.74) is 4.45. The number of carbonyl (C=O) groups is 1. The molecule has 0 saturated heterocycles. The first kappa shape index (κ1) is 15.9. The van der Waals surface area contributed by atoms with Gasteiger partial charge in [0.25, 0.3) is 5.91 Å². The summed E-state index contributed by atoms with van der Waals surface area (Å²) in [5.74, 6) is -0.264. The number of aromatic nitrogens is 5. The van der Waals surface area contributed by atoms with Crippen molar-refractivity contribution in [2.45, 2.75) is 6.54 Å². The number of nitrogens with zero attached hydrogens (tertiary/aromatic N) is 5. The summed E-state index contributed by atoms with van der Waals surface area (Å²) in [6, 6.07) is 11.3. The Kier molecular flexibility index (Phi) is 4.10. The lowest BCUT2D eigenvalue weighted by Crippen LogP contribution is -2.24. The smallest absolute Gasteiger partial charge is 0.271 e. The number of carbonyl (C=O) groups excluding carboxylic acids is 1. The monoisotopic (exact) mass is 344 g/mol. The Labute approximate surface area is 149 Å². The molecule has 0 radical (unpaired) electrons. The summed E-state index contributed by atoms with van der Waals surface area (Å²) in [4.78, 5) is 25.3. The predicted octanol–water partition coefficient (Wildman–Crippen LogP) is 2.36. The molecule has 3 heterocycles. The summed E-state index contributed by atoms with van der Waals surface area (Å²) < 4.78 is 1.73. The van der Waals surface area contributed by atoms with Gasteiger partial charge in [0.05, 0.1) is 29.1 Å². The maximum atomic E-state index is 12.3. The Morgan fingerprint density at radius 1 is 1.04 bits per heavy atom. The third kappa shape index (κ3) is 3.27. The Balaban J connectivity index is 1.43. The highest BCUT2D eigenvalue weighted by Crippen LogP contribution is 2.15. The summed E-state index contributed by atoms with van der Waals surface area (Å²) in [6.07, 6.45) is 6.90. The first-order chi connectivity index (χ1) is 12.7. The minimum Gasteiger partial charge on any atom is -0.347 e. The molecule has 0 fully saturated rings. The van der Waals surface area contributed by atoms with Crippen LogP contribution in [-0.2, 0) is 13.6 Å². The number of hydrogen-bond acceptors (Lipinski definition) is 5. The van der Waals surface area contributed by atoms with Crippen LogP contribution in [0.3, 0.4) is 0 Å². The minimum absolute atomic E-state index is 0.264. The van der Waals surface area contributed by atoms with Gasteiger partial charge in [0, 0.05) is 31.5 Å². The molecule has 7 heteroatoms. The fourth-order valence-electron chi connectivity index (χ4n) is 2.59. The van der Waals surface area contributed by atoms with E-state index in [4.69, 9.17) is 0 Å². The molecule has 7 nitrogen and oxygen atoms in total. The second kappa shape index (κ2) is 6.72. The van der Waals surface area contributed by atoms with Gasteiger partial charge >= 0.3 is 0 Å². The van der Waals surface area contributed by atoms with Crippen molar-refractivity contribution in [2.24, 2.45) is 7.05 Å². The van der Waals surface area contributed by atoms with Gasteiger partial charge in [-0.15, -0.1) is 0 Å². The van der Waals surface area contributed by atoms with E-state index in [1.165, 1.54) is 6.20 Å². The highest BCUT2D eigenvalue weighted by atomic mass is 16.1. The Morgan fingerprint density at radius 3 is 2.62 bits per heavy atom. The van der Waals surface area contributed by atoms with Crippen molar-refractivity contribution >= 4 is 16.9 Å². The number of fused-ring (bicyclic) bond motifs is 1. The van der Waals surface area contributed by atoms with E-state index in [2.05, 4.69) is 25.4 Å². The molecule has 0 aliphatic rings. The number of nitrogens with one attached hydrogen (secondary N) is 1. The van der Waals surface area contributed by atoms with Crippen molar-refractivity contribution in [1.29, 1.82) is 0 Å². The van der Waals surface area contributed by atoms with E-state index in [0.29, 0.717) is 17.8 Å². The van der Waals surface area contributed by atoms with Gasteiger partial charge in [-0.3, -0.25) is 19.4 Å². The Bertz CT molecular complexity index is 1070. The number of pyridine rings is 1. The molecule has 0 aliphatic heterocycles. The van der Waals surface area contributed by atoms with Gasteiger partial charge in [-0.25, -0.2) is 4.98 Å². The van der Waals surface area contributed by atoms with Crippen molar-refractivity contribution in [2.75, 3.05) is 0 Å². The topological polar surface area (TPSA) is 85.6 Å². The zero-order valence-electron chi connectivity index (χ0n) is 14.1. The van der Waals surface area contributed by atoms with Crippen LogP contribution in [0.2, 0.25) is 0 Å². The minimum atomic E-state index is -0.264. The molecule has 1 aromatic carbocycles. The number of aryl methyl sites for hydroxylation is 1. The molecular formula is C19H16N6O. The first-order valence-electron chi connectivity index (χ1n) is 8.13. The average Bonchev–Trinajstić information content (AvgIpc) is 3.12. The van der Waals surface area contributed by atoms with Crippen LogP contribution in [0, 0.1) is 0 Å². The van der Waals surface area contributed by atoms with Gasteiger partial charge in [-0.2, -0.15) is 5.10 Å². The molecule has 4 rings (SSSR count). The van der Waals surface area contributed by atoms with E-state index in [1.807, 2.05) is 49.6 Å². The molecule has 0 spiro atoms. The molecule has 1 amide bonds. The zero-order valence-corrected chi connectivity index (χ0v) is 14.1. The number of amides is 1. The lowest BCUT2D eigenvalue weighted by atomic mass is 10.2. The maximum Gasteiger partial charge on any atom is 0.271 e. The van der Waals surface area contributed by atoms with Crippen molar-refractivity contribution in [3.8, 4) is 11.3 Å². The number of rotatable bonds is 4. The molecule has 128 valence electrons. The quantitative estimate of drug-likeness (QED) is 0.614. The largest absolute Gasteiger partial charge is 0.347 e. The average molecular weight is 344 g/mol. The molecule has 0 unspecified atom stereocenters. The van der Waals surface area contributed by atoms with E-state index in [0.717, 1.165) is 22.3 Å². The van der Waals surface area contributed by atoms with Crippen LogP contribution in [0.25, 0.3) is 22.3 Å². The van der Waals surface area contributed by atoms with Gasteiger partial charge in [0.15, 0.2) is 0 Å². The molecule has 0 saturated carbocycles. The van der Waals surface area contributed by atoms with Crippen LogP contribution < -0.4 is 5.32 Å². The van der Waals surface area contributed by atoms with Crippen LogP contribution >= 0.6 is 0 Å². The van der Waals surface area contributed by atoms with Crippen LogP contribution in [0.15, 0.2) is 61.2 Å². The first-order valence-corrected chi connectivity index (χ1v) is 8.13. The van der Waals surface area contributed by atoms with E-state index in [9.17, 15) is 4.79 Å². The zero-order chi connectivity index (χ0) is 17.9. The van der Waals surface area contributed by atoms with Gasteiger partial charge in [-0.05, 0) is 23.8 Å². The molecule has 0 aliphatic carbocycles. The Hall–Kier alpha value is -3.61. The fraction of sp³-hybridized carbons (Fsp3) is 0.105. The van der Waals surface area contributed by atoms with Crippen molar-refractivity contribution in [1.82, 2.24) is 30.0 Å². The summed E-state index contributed by atoms with van der Waals surface area (Å²) in [5, 5.41) is 6.98. The third-order valence-corrected chi connectivity index (χ3v) is 3.96. The molecular weight excluding hydrogens is 328 g/mol. The third-order valence-electron chi connectivity index (χ3n) is 3.96. The van der Waals surface area contributed by atoms with Crippen LogP contribution in [0.5, 0.6) is 0 Å². The molecule has 0 bridgehead atoms. The number of hydrogen-bond donors (Lipinski definition) is 1. The maximum absolute atomic E-state index is 12.3. The second-order valence-corrected chi connectivity index (χ2v) is 5.88. The lowest BCUT2D eigenvalue weighted by Gasteiger charge is -2.06. The van der Waals surface area contributed by atoms with Crippen LogP contribution in [0.1, 0.15) is 16.1 Å².